The topological polar surface area (TPSA) is 194 Å². The van der Waals surface area contributed by atoms with Crippen LogP contribution in [0.1, 0.15) is 10.4 Å². The fraction of sp³-hybridized carbons (Fsp3) is 0.100. The summed E-state index contributed by atoms with van der Waals surface area (Å²) in [6, 6.07) is 23.2. The van der Waals surface area contributed by atoms with Gasteiger partial charge in [-0.1, -0.05) is 35.9 Å². The SMILES string of the molecule is CS(=O)(=O)c1ccc(S(=O)(=O)Cl)cc1.CS(=O)(=O)c1ccccc1S(=O)(=O)Cl.Cc1scc2ccc(Cl)cc12.N#Cc1cccc(S(=O)(=O)Cl)c1. The Morgan fingerprint density at radius 2 is 1.12 bits per heavy atom. The molecule has 0 saturated heterocycles. The maximum Gasteiger partial charge on any atom is 0.262 e. The summed E-state index contributed by atoms with van der Waals surface area (Å²) in [6.45, 7) is 2.11. The van der Waals surface area contributed by atoms with Gasteiger partial charge in [0.15, 0.2) is 19.7 Å². The Morgan fingerprint density at radius 1 is 0.588 bits per heavy atom. The van der Waals surface area contributed by atoms with Crippen molar-refractivity contribution in [2.75, 3.05) is 12.5 Å². The van der Waals surface area contributed by atoms with Gasteiger partial charge in [0.2, 0.25) is 0 Å². The van der Waals surface area contributed by atoms with E-state index in [1.807, 2.05) is 18.2 Å². The molecule has 0 fully saturated rings. The largest absolute Gasteiger partial charge is 0.262 e. The minimum atomic E-state index is -4.02. The highest BCUT2D eigenvalue weighted by molar-refractivity contribution is 8.14. The van der Waals surface area contributed by atoms with Crippen LogP contribution in [0.2, 0.25) is 5.02 Å². The molecule has 11 nitrogen and oxygen atoms in total. The molecule has 0 atom stereocenters. The van der Waals surface area contributed by atoms with Crippen LogP contribution in [0, 0.1) is 18.3 Å². The molecule has 0 N–H and O–H groups in total. The van der Waals surface area contributed by atoms with E-state index in [-0.39, 0.29) is 30.0 Å². The van der Waals surface area contributed by atoms with Crippen LogP contribution in [-0.4, -0.2) is 54.6 Å². The van der Waals surface area contributed by atoms with E-state index in [4.69, 9.17) is 48.9 Å². The molecule has 51 heavy (non-hydrogen) atoms. The van der Waals surface area contributed by atoms with Crippen LogP contribution < -0.4 is 0 Å². The van der Waals surface area contributed by atoms with Gasteiger partial charge in [-0.3, -0.25) is 0 Å². The number of nitriles is 1. The first-order chi connectivity index (χ1) is 23.2. The van der Waals surface area contributed by atoms with E-state index in [1.165, 1.54) is 70.2 Å². The Hall–Kier alpha value is -2.76. The number of halogens is 4. The Balaban J connectivity index is 0.000000237. The number of fused-ring (bicyclic) bond motifs is 1. The number of rotatable bonds is 5. The van der Waals surface area contributed by atoms with Crippen molar-refractivity contribution < 1.29 is 42.1 Å². The summed E-state index contributed by atoms with van der Waals surface area (Å²) in [4.78, 5) is 0.554. The molecule has 274 valence electrons. The quantitative estimate of drug-likeness (QED) is 0.160. The smallest absolute Gasteiger partial charge is 0.224 e. The number of aryl methyl sites for hydroxylation is 1. The first-order valence-electron chi connectivity index (χ1n) is 13.3. The van der Waals surface area contributed by atoms with Crippen molar-refractivity contribution in [3.8, 4) is 6.07 Å². The first-order valence-corrected chi connectivity index (χ1v) is 25.3. The second-order valence-electron chi connectivity index (χ2n) is 9.94. The predicted octanol–water partition coefficient (Wildman–Crippen LogP) is 7.38. The fourth-order valence-corrected chi connectivity index (χ4v) is 9.49. The minimum absolute atomic E-state index is 0.0526. The van der Waals surface area contributed by atoms with Crippen molar-refractivity contribution in [2.24, 2.45) is 0 Å². The second kappa shape index (κ2) is 17.8. The van der Waals surface area contributed by atoms with Crippen molar-refractivity contribution in [1.82, 2.24) is 0 Å². The highest BCUT2D eigenvalue weighted by Crippen LogP contribution is 2.27. The Kier molecular flexibility index (Phi) is 15.5. The summed E-state index contributed by atoms with van der Waals surface area (Å²) in [5.74, 6) is 0. The molecule has 0 aliphatic heterocycles. The molecule has 0 saturated carbocycles. The van der Waals surface area contributed by atoms with Crippen LogP contribution in [0.3, 0.4) is 0 Å². The first kappa shape index (κ1) is 44.4. The third kappa shape index (κ3) is 14.3. The lowest BCUT2D eigenvalue weighted by molar-refractivity contribution is 0.592. The van der Waals surface area contributed by atoms with Crippen LogP contribution >= 0.6 is 55.0 Å². The van der Waals surface area contributed by atoms with E-state index in [2.05, 4.69) is 18.4 Å². The standard InChI is InChI=1S/C9H7ClS.C7H4ClNO2S.2C7H7ClO4S2/c1-6-9-4-8(10)3-2-7(9)5-11-6;8-12(10,11)7-3-1-2-6(4-7)5-9;1-13(9,10)6-2-4-7(5-3-6)14(8,11)12;1-13(9,10)6-4-2-3-5-7(6)14(8,11)12/h2-5H,1H3;1-4H;2*2-5H,1H3. The summed E-state index contributed by atoms with van der Waals surface area (Å²) < 4.78 is 110. The second-order valence-corrected chi connectivity index (χ2v) is 23.1. The van der Waals surface area contributed by atoms with Gasteiger partial charge in [-0.15, -0.1) is 11.3 Å². The van der Waals surface area contributed by atoms with Gasteiger partial charge in [0.05, 0.1) is 31.2 Å². The molecule has 0 spiro atoms. The average Bonchev–Trinajstić information content (AvgIpc) is 3.39. The maximum absolute atomic E-state index is 11.2. The zero-order valence-electron chi connectivity index (χ0n) is 26.2. The lowest BCUT2D eigenvalue weighted by Crippen LogP contribution is -2.04. The molecule has 0 bridgehead atoms. The molecular formula is C30H25Cl4NO10S6. The summed E-state index contributed by atoms with van der Waals surface area (Å²) in [5, 5.41) is 14.0. The third-order valence-corrected chi connectivity index (χ3v) is 13.7. The molecule has 5 aromatic rings. The molecule has 1 heterocycles. The van der Waals surface area contributed by atoms with Crippen molar-refractivity contribution in [3.63, 3.8) is 0 Å². The monoisotopic (exact) mass is 891 g/mol. The molecule has 5 rings (SSSR count). The van der Waals surface area contributed by atoms with Crippen molar-refractivity contribution in [3.05, 3.63) is 112 Å². The zero-order valence-corrected chi connectivity index (χ0v) is 34.2. The molecule has 21 heteroatoms. The molecule has 0 amide bonds. The van der Waals surface area contributed by atoms with Crippen molar-refractivity contribution >= 4 is 113 Å². The van der Waals surface area contributed by atoms with Gasteiger partial charge in [-0.2, -0.15) is 5.26 Å². The van der Waals surface area contributed by atoms with Crippen molar-refractivity contribution in [2.45, 2.75) is 31.4 Å². The van der Waals surface area contributed by atoms with E-state index in [9.17, 15) is 42.1 Å². The maximum atomic E-state index is 11.2. The van der Waals surface area contributed by atoms with E-state index in [0.717, 1.165) is 35.7 Å². The van der Waals surface area contributed by atoms with Gasteiger partial charge in [0, 0.05) is 54.5 Å². The number of benzene rings is 4. The predicted molar refractivity (Wildman–Crippen MR) is 201 cm³/mol. The third-order valence-electron chi connectivity index (χ3n) is 6.05. The van der Waals surface area contributed by atoms with Crippen LogP contribution in [-0.2, 0) is 46.8 Å². The summed E-state index contributed by atoms with van der Waals surface area (Å²) in [5.41, 5.74) is 0.275. The zero-order chi connectivity index (χ0) is 39.0. The van der Waals surface area contributed by atoms with Gasteiger partial charge in [0.25, 0.3) is 27.2 Å². The summed E-state index contributed by atoms with van der Waals surface area (Å²) >= 11 is 7.62. The molecular weight excluding hydrogens is 869 g/mol. The fourth-order valence-electron chi connectivity index (χ4n) is 3.68. The molecule has 0 unspecified atom stereocenters. The molecule has 0 radical (unpaired) electrons. The van der Waals surface area contributed by atoms with E-state index in [0.29, 0.717) is 0 Å². The Bertz CT molecular complexity index is 2540. The molecule has 0 aliphatic carbocycles. The number of nitrogens with zero attached hydrogens (tertiary/aromatic N) is 1. The minimum Gasteiger partial charge on any atom is -0.224 e. The normalized spacial score (nSPS) is 11.8. The van der Waals surface area contributed by atoms with Gasteiger partial charge < -0.3 is 0 Å². The molecule has 1 aromatic heterocycles. The number of hydrogen-bond donors (Lipinski definition) is 0. The van der Waals surface area contributed by atoms with Crippen LogP contribution in [0.25, 0.3) is 10.8 Å². The van der Waals surface area contributed by atoms with Crippen LogP contribution in [0.4, 0.5) is 0 Å². The van der Waals surface area contributed by atoms with Gasteiger partial charge in [-0.25, -0.2) is 42.1 Å². The summed E-state index contributed by atoms with van der Waals surface area (Å²) in [7, 11) is -3.23. The highest BCUT2D eigenvalue weighted by Gasteiger charge is 2.21. The summed E-state index contributed by atoms with van der Waals surface area (Å²) in [6.07, 6.45) is 1.96. The van der Waals surface area contributed by atoms with E-state index >= 15 is 0 Å². The lowest BCUT2D eigenvalue weighted by atomic mass is 10.2. The Morgan fingerprint density at radius 3 is 1.57 bits per heavy atom. The van der Waals surface area contributed by atoms with Gasteiger partial charge in [0.1, 0.15) is 4.90 Å². The van der Waals surface area contributed by atoms with E-state index < -0.39 is 46.8 Å². The number of thiophene rings is 1. The number of hydrogen-bond acceptors (Lipinski definition) is 12. The van der Waals surface area contributed by atoms with E-state index in [1.54, 1.807) is 11.3 Å². The van der Waals surface area contributed by atoms with Gasteiger partial charge in [-0.05, 0) is 89.8 Å². The molecule has 4 aromatic carbocycles. The van der Waals surface area contributed by atoms with Gasteiger partial charge >= 0.3 is 0 Å². The molecule has 0 aliphatic rings. The number of sulfone groups is 2. The van der Waals surface area contributed by atoms with Crippen LogP contribution in [0.5, 0.6) is 0 Å². The van der Waals surface area contributed by atoms with Crippen molar-refractivity contribution in [1.29, 1.82) is 5.26 Å². The Labute approximate surface area is 319 Å². The average molecular weight is 894 g/mol. The lowest BCUT2D eigenvalue weighted by Gasteiger charge is -2.03. The highest BCUT2D eigenvalue weighted by atomic mass is 35.7. The van der Waals surface area contributed by atoms with Crippen LogP contribution in [0.15, 0.2) is 121 Å².